The summed E-state index contributed by atoms with van der Waals surface area (Å²) in [6, 6.07) is 7.81. The number of anilines is 1. The molecule has 1 aliphatic carbocycles. The summed E-state index contributed by atoms with van der Waals surface area (Å²) in [4.78, 5) is 11.4. The molecule has 1 saturated carbocycles. The fourth-order valence-electron chi connectivity index (χ4n) is 5.42. The van der Waals surface area contributed by atoms with Crippen molar-refractivity contribution in [3.63, 3.8) is 0 Å². The quantitative estimate of drug-likeness (QED) is 0.534. The van der Waals surface area contributed by atoms with Gasteiger partial charge in [-0.15, -0.1) is 0 Å². The van der Waals surface area contributed by atoms with E-state index < -0.39 is 10.0 Å². The third-order valence-electron chi connectivity index (χ3n) is 7.36. The van der Waals surface area contributed by atoms with Crippen LogP contribution in [-0.4, -0.2) is 66.3 Å². The van der Waals surface area contributed by atoms with E-state index >= 15 is 0 Å². The van der Waals surface area contributed by atoms with Crippen LogP contribution in [-0.2, 0) is 21.8 Å². The highest BCUT2D eigenvalue weighted by Crippen LogP contribution is 2.36. The van der Waals surface area contributed by atoms with E-state index in [1.54, 1.807) is 6.20 Å². The van der Waals surface area contributed by atoms with Crippen LogP contribution >= 0.6 is 0 Å². The molecule has 188 valence electrons. The Labute approximate surface area is 206 Å². The summed E-state index contributed by atoms with van der Waals surface area (Å²) in [5, 5.41) is 5.47. The zero-order valence-corrected chi connectivity index (χ0v) is 21.2. The Hall–Kier alpha value is -2.56. The fraction of sp³-hybridized carbons (Fsp3) is 0.560. The number of aryl methyl sites for hydroxylation is 1. The molecule has 5 rings (SSSR count). The third kappa shape index (κ3) is 5.82. The molecule has 0 radical (unpaired) electrons. The maximum Gasteiger partial charge on any atom is 0.209 e. The number of hydrogen-bond donors (Lipinski definition) is 1. The molecule has 2 fully saturated rings. The summed E-state index contributed by atoms with van der Waals surface area (Å²) in [5.74, 6) is 1.83. The number of nitrogens with one attached hydrogen (secondary N) is 1. The molecule has 4 heterocycles. The van der Waals surface area contributed by atoms with Crippen molar-refractivity contribution in [1.29, 1.82) is 0 Å². The SMILES string of the molecule is Cn1ncc2cc(C3CCC(CO[C@@H]4CN(c5ccccn5)CC[C@@H]4NS(C)(=O)=O)CC3)ncc21. The lowest BCUT2D eigenvalue weighted by Crippen LogP contribution is -2.55. The van der Waals surface area contributed by atoms with Crippen molar-refractivity contribution in [3.8, 4) is 0 Å². The first kappa shape index (κ1) is 24.1. The van der Waals surface area contributed by atoms with Gasteiger partial charge in [0.05, 0.1) is 36.3 Å². The van der Waals surface area contributed by atoms with Gasteiger partial charge in [0.15, 0.2) is 0 Å². The Morgan fingerprint density at radius 1 is 1.11 bits per heavy atom. The van der Waals surface area contributed by atoms with Gasteiger partial charge in [-0.25, -0.2) is 18.1 Å². The second-order valence-electron chi connectivity index (χ2n) is 9.94. The number of ether oxygens (including phenoxy) is 1. The van der Waals surface area contributed by atoms with E-state index in [-0.39, 0.29) is 12.1 Å². The number of sulfonamides is 1. The highest BCUT2D eigenvalue weighted by Gasteiger charge is 2.33. The van der Waals surface area contributed by atoms with E-state index in [0.29, 0.717) is 31.4 Å². The van der Waals surface area contributed by atoms with E-state index in [9.17, 15) is 8.42 Å². The second-order valence-corrected chi connectivity index (χ2v) is 11.7. The molecule has 3 aromatic heterocycles. The highest BCUT2D eigenvalue weighted by molar-refractivity contribution is 7.88. The minimum absolute atomic E-state index is 0.215. The van der Waals surface area contributed by atoms with Gasteiger partial charge < -0.3 is 9.64 Å². The lowest BCUT2D eigenvalue weighted by Gasteiger charge is -2.40. The fourth-order valence-corrected chi connectivity index (χ4v) is 6.24. The smallest absolute Gasteiger partial charge is 0.209 e. The van der Waals surface area contributed by atoms with Crippen molar-refractivity contribution >= 4 is 26.7 Å². The van der Waals surface area contributed by atoms with Crippen LogP contribution in [0.3, 0.4) is 0 Å². The van der Waals surface area contributed by atoms with Gasteiger partial charge >= 0.3 is 0 Å². The minimum Gasteiger partial charge on any atom is -0.374 e. The molecule has 0 amide bonds. The summed E-state index contributed by atoms with van der Waals surface area (Å²) in [6.45, 7) is 2.00. The van der Waals surface area contributed by atoms with Crippen molar-refractivity contribution in [3.05, 3.63) is 48.5 Å². The number of fused-ring (bicyclic) bond motifs is 1. The molecular weight excluding hydrogens is 464 g/mol. The second kappa shape index (κ2) is 10.2. The predicted molar refractivity (Wildman–Crippen MR) is 136 cm³/mol. The Bertz CT molecular complexity index is 1240. The summed E-state index contributed by atoms with van der Waals surface area (Å²) in [5.41, 5.74) is 2.21. The average Bonchev–Trinajstić information content (AvgIpc) is 3.23. The van der Waals surface area contributed by atoms with Crippen molar-refractivity contribution < 1.29 is 13.2 Å². The first-order valence-corrected chi connectivity index (χ1v) is 14.3. The van der Waals surface area contributed by atoms with Gasteiger partial charge in [0.25, 0.3) is 0 Å². The monoisotopic (exact) mass is 498 g/mol. The standard InChI is InChI=1S/C25H34N6O3S/c1-30-23-15-27-22(13-20(23)14-28-30)19-8-6-18(7-9-19)17-34-24-16-31(25-5-3-4-11-26-25)12-10-21(24)29-35(2,32)33/h3-5,11,13-15,18-19,21,24,29H,6-10,12,16-17H2,1-2H3/t18?,19?,21-,24+/m0/s1. The molecule has 3 aromatic rings. The summed E-state index contributed by atoms with van der Waals surface area (Å²) in [7, 11) is -1.37. The van der Waals surface area contributed by atoms with E-state index in [1.165, 1.54) is 6.26 Å². The van der Waals surface area contributed by atoms with E-state index in [2.05, 4.69) is 25.8 Å². The number of pyridine rings is 2. The van der Waals surface area contributed by atoms with Crippen LogP contribution in [0.25, 0.3) is 10.9 Å². The first-order chi connectivity index (χ1) is 16.9. The van der Waals surface area contributed by atoms with Gasteiger partial charge in [0.1, 0.15) is 5.82 Å². The normalized spacial score (nSPS) is 25.7. The molecule has 2 atom stereocenters. The Morgan fingerprint density at radius 2 is 1.94 bits per heavy atom. The third-order valence-corrected chi connectivity index (χ3v) is 8.09. The van der Waals surface area contributed by atoms with Crippen LogP contribution in [0, 0.1) is 5.92 Å². The minimum atomic E-state index is -3.31. The van der Waals surface area contributed by atoms with Crippen LogP contribution < -0.4 is 9.62 Å². The number of hydrogen-bond acceptors (Lipinski definition) is 7. The van der Waals surface area contributed by atoms with Crippen LogP contribution in [0.15, 0.2) is 42.9 Å². The number of aromatic nitrogens is 4. The van der Waals surface area contributed by atoms with E-state index in [4.69, 9.17) is 9.72 Å². The Morgan fingerprint density at radius 3 is 2.69 bits per heavy atom. The van der Waals surface area contributed by atoms with Crippen LogP contribution in [0.1, 0.15) is 43.7 Å². The van der Waals surface area contributed by atoms with Crippen molar-refractivity contribution in [1.82, 2.24) is 24.5 Å². The molecule has 1 aliphatic heterocycles. The molecular formula is C25H34N6O3S. The average molecular weight is 499 g/mol. The van der Waals surface area contributed by atoms with Gasteiger partial charge in [0, 0.05) is 49.9 Å². The molecule has 10 heteroatoms. The Kier molecular flexibility index (Phi) is 7.04. The highest BCUT2D eigenvalue weighted by atomic mass is 32.2. The predicted octanol–water partition coefficient (Wildman–Crippen LogP) is 2.85. The summed E-state index contributed by atoms with van der Waals surface area (Å²) in [6.07, 6.45) is 11.6. The van der Waals surface area contributed by atoms with Crippen LogP contribution in [0.5, 0.6) is 0 Å². The molecule has 2 aliphatic rings. The maximum atomic E-state index is 12.0. The zero-order valence-electron chi connectivity index (χ0n) is 20.4. The lowest BCUT2D eigenvalue weighted by molar-refractivity contribution is -0.00134. The van der Waals surface area contributed by atoms with Gasteiger partial charge in [-0.05, 0) is 56.2 Å². The van der Waals surface area contributed by atoms with Crippen molar-refractivity contribution in [2.45, 2.75) is 50.2 Å². The molecule has 0 unspecified atom stereocenters. The lowest BCUT2D eigenvalue weighted by atomic mass is 9.80. The molecule has 1 saturated heterocycles. The first-order valence-electron chi connectivity index (χ1n) is 12.4. The van der Waals surface area contributed by atoms with Crippen LogP contribution in [0.2, 0.25) is 0 Å². The number of nitrogens with zero attached hydrogens (tertiary/aromatic N) is 5. The largest absolute Gasteiger partial charge is 0.374 e. The molecule has 9 nitrogen and oxygen atoms in total. The molecule has 35 heavy (non-hydrogen) atoms. The number of rotatable bonds is 7. The molecule has 0 aromatic carbocycles. The van der Waals surface area contributed by atoms with Crippen LogP contribution in [0.4, 0.5) is 5.82 Å². The van der Waals surface area contributed by atoms with E-state index in [1.807, 2.05) is 42.3 Å². The number of piperidine rings is 1. The molecule has 0 bridgehead atoms. The van der Waals surface area contributed by atoms with E-state index in [0.717, 1.165) is 54.6 Å². The summed E-state index contributed by atoms with van der Waals surface area (Å²) < 4.78 is 35.0. The Balaban J connectivity index is 1.18. The maximum absolute atomic E-state index is 12.0. The van der Waals surface area contributed by atoms with Gasteiger partial charge in [-0.2, -0.15) is 5.10 Å². The van der Waals surface area contributed by atoms with Crippen molar-refractivity contribution in [2.24, 2.45) is 13.0 Å². The van der Waals surface area contributed by atoms with Gasteiger partial charge in [-0.3, -0.25) is 9.67 Å². The molecule has 0 spiro atoms. The summed E-state index contributed by atoms with van der Waals surface area (Å²) >= 11 is 0. The van der Waals surface area contributed by atoms with Crippen molar-refractivity contribution in [2.75, 3.05) is 30.9 Å². The molecule has 1 N–H and O–H groups in total. The topological polar surface area (TPSA) is 102 Å². The van der Waals surface area contributed by atoms with Gasteiger partial charge in [0.2, 0.25) is 10.0 Å². The van der Waals surface area contributed by atoms with Gasteiger partial charge in [-0.1, -0.05) is 6.07 Å². The zero-order chi connectivity index (χ0) is 24.4.